The molecule has 0 radical (unpaired) electrons. The number of anilines is 1. The lowest BCUT2D eigenvalue weighted by Gasteiger charge is -2.26. The van der Waals surface area contributed by atoms with Crippen LogP contribution in [0.1, 0.15) is 24.8 Å². The lowest BCUT2D eigenvalue weighted by Crippen LogP contribution is -2.35. The van der Waals surface area contributed by atoms with Gasteiger partial charge in [0.05, 0.1) is 12.0 Å². The first-order chi connectivity index (χ1) is 14.8. The van der Waals surface area contributed by atoms with Crippen molar-refractivity contribution in [3.05, 3.63) is 64.2 Å². The van der Waals surface area contributed by atoms with Crippen LogP contribution in [0.3, 0.4) is 0 Å². The van der Waals surface area contributed by atoms with Crippen LogP contribution in [0.15, 0.2) is 53.4 Å². The van der Waals surface area contributed by atoms with Crippen LogP contribution in [-0.2, 0) is 14.8 Å². The topological polar surface area (TPSA) is 119 Å². The second-order valence-electron chi connectivity index (χ2n) is 7.00. The number of nitro benzene ring substituents is 1. The highest BCUT2D eigenvalue weighted by atomic mass is 32.2. The molecule has 1 aliphatic heterocycles. The van der Waals surface area contributed by atoms with E-state index in [1.165, 1.54) is 60.0 Å². The first-order valence-corrected chi connectivity index (χ1v) is 11.2. The largest absolute Gasteiger partial charge is 0.495 e. The molecule has 1 saturated heterocycles. The molecule has 31 heavy (non-hydrogen) atoms. The Bertz CT molecular complexity index is 1090. The molecule has 0 aliphatic carbocycles. The minimum Gasteiger partial charge on any atom is -0.495 e. The summed E-state index contributed by atoms with van der Waals surface area (Å²) in [6.07, 6.45) is 5.40. The van der Waals surface area contributed by atoms with E-state index in [4.69, 9.17) is 4.74 Å². The molecular weight excluding hydrogens is 422 g/mol. The predicted molar refractivity (Wildman–Crippen MR) is 116 cm³/mol. The zero-order valence-corrected chi connectivity index (χ0v) is 17.8. The van der Waals surface area contributed by atoms with Gasteiger partial charge < -0.3 is 10.1 Å². The van der Waals surface area contributed by atoms with E-state index in [0.717, 1.165) is 19.3 Å². The van der Waals surface area contributed by atoms with Crippen molar-refractivity contribution in [2.75, 3.05) is 25.5 Å². The highest BCUT2D eigenvalue weighted by Crippen LogP contribution is 2.31. The molecule has 1 aliphatic rings. The van der Waals surface area contributed by atoms with Crippen molar-refractivity contribution in [1.82, 2.24) is 4.31 Å². The molecule has 3 rings (SSSR count). The maximum atomic E-state index is 13.1. The van der Waals surface area contributed by atoms with Crippen LogP contribution in [0.25, 0.3) is 6.08 Å². The van der Waals surface area contributed by atoms with Crippen LogP contribution >= 0.6 is 0 Å². The minimum absolute atomic E-state index is 0.00838. The predicted octanol–water partition coefficient (Wildman–Crippen LogP) is 3.43. The van der Waals surface area contributed by atoms with Gasteiger partial charge in [0.25, 0.3) is 5.69 Å². The van der Waals surface area contributed by atoms with Crippen LogP contribution in [0, 0.1) is 10.1 Å². The molecule has 0 saturated carbocycles. The van der Waals surface area contributed by atoms with Gasteiger partial charge in [-0.05, 0) is 54.8 Å². The molecule has 2 aromatic rings. The molecule has 0 spiro atoms. The molecule has 1 N–H and O–H groups in total. The summed E-state index contributed by atoms with van der Waals surface area (Å²) in [7, 11) is -2.35. The van der Waals surface area contributed by atoms with Crippen LogP contribution in [0.4, 0.5) is 11.4 Å². The van der Waals surface area contributed by atoms with Gasteiger partial charge in [-0.2, -0.15) is 4.31 Å². The van der Waals surface area contributed by atoms with Crippen molar-refractivity contribution in [3.8, 4) is 5.75 Å². The third kappa shape index (κ3) is 5.47. The van der Waals surface area contributed by atoms with Crippen molar-refractivity contribution >= 4 is 33.4 Å². The van der Waals surface area contributed by atoms with E-state index >= 15 is 0 Å². The van der Waals surface area contributed by atoms with E-state index in [-0.39, 0.29) is 16.3 Å². The number of nitrogens with one attached hydrogen (secondary N) is 1. The molecule has 10 heteroatoms. The molecule has 0 atom stereocenters. The zero-order chi connectivity index (χ0) is 22.4. The summed E-state index contributed by atoms with van der Waals surface area (Å²) in [6, 6.07) is 10.2. The van der Waals surface area contributed by atoms with Gasteiger partial charge in [-0.3, -0.25) is 14.9 Å². The first-order valence-electron chi connectivity index (χ1n) is 9.73. The molecule has 0 unspecified atom stereocenters. The third-order valence-corrected chi connectivity index (χ3v) is 6.81. The molecule has 0 aromatic heterocycles. The number of carbonyl (C=O) groups excluding carboxylic acids is 1. The maximum absolute atomic E-state index is 13.1. The summed E-state index contributed by atoms with van der Waals surface area (Å²) in [5.74, 6) is -0.255. The number of sulfonamides is 1. The Labute approximate surface area is 180 Å². The number of piperidine rings is 1. The van der Waals surface area contributed by atoms with Gasteiger partial charge in [0.15, 0.2) is 0 Å². The quantitative estimate of drug-likeness (QED) is 0.396. The molecular formula is C21H23N3O6S. The number of amides is 1. The van der Waals surface area contributed by atoms with E-state index < -0.39 is 20.9 Å². The fourth-order valence-electron chi connectivity index (χ4n) is 3.26. The monoisotopic (exact) mass is 445 g/mol. The summed E-state index contributed by atoms with van der Waals surface area (Å²) in [4.78, 5) is 22.5. The second kappa shape index (κ2) is 9.71. The van der Waals surface area contributed by atoms with Gasteiger partial charge in [0, 0.05) is 37.0 Å². The van der Waals surface area contributed by atoms with E-state index in [2.05, 4.69) is 5.32 Å². The standard InChI is InChI=1S/C21H23N3O6S/c1-30-19-11-8-17(15-20(19)31(28,29)23-13-3-2-4-14-23)22-21(25)12-7-16-5-9-18(10-6-16)24(26)27/h5-12,15H,2-4,13-14H2,1H3,(H,22,25). The van der Waals surface area contributed by atoms with Crippen molar-refractivity contribution in [3.63, 3.8) is 0 Å². The summed E-state index contributed by atoms with van der Waals surface area (Å²) in [5.41, 5.74) is 0.890. The van der Waals surface area contributed by atoms with Crippen LogP contribution in [-0.4, -0.2) is 43.8 Å². The average molecular weight is 445 g/mol. The van der Waals surface area contributed by atoms with Gasteiger partial charge in [0.1, 0.15) is 10.6 Å². The number of nitrogens with zero attached hydrogens (tertiary/aromatic N) is 2. The number of hydrogen-bond acceptors (Lipinski definition) is 6. The minimum atomic E-state index is -3.75. The number of ether oxygens (including phenoxy) is 1. The number of nitro groups is 1. The molecule has 1 fully saturated rings. The summed E-state index contributed by atoms with van der Waals surface area (Å²) >= 11 is 0. The van der Waals surface area contributed by atoms with Gasteiger partial charge >= 0.3 is 0 Å². The number of carbonyl (C=O) groups is 1. The Hall–Kier alpha value is -3.24. The molecule has 2 aromatic carbocycles. The zero-order valence-electron chi connectivity index (χ0n) is 17.0. The Morgan fingerprint density at radius 2 is 1.81 bits per heavy atom. The van der Waals surface area contributed by atoms with Gasteiger partial charge in [0.2, 0.25) is 15.9 Å². The highest BCUT2D eigenvalue weighted by Gasteiger charge is 2.29. The maximum Gasteiger partial charge on any atom is 0.269 e. The number of hydrogen-bond donors (Lipinski definition) is 1. The van der Waals surface area contributed by atoms with Gasteiger partial charge in [-0.1, -0.05) is 6.42 Å². The molecule has 1 heterocycles. The van der Waals surface area contributed by atoms with E-state index in [0.29, 0.717) is 24.3 Å². The lowest BCUT2D eigenvalue weighted by atomic mass is 10.2. The SMILES string of the molecule is COc1ccc(NC(=O)C=Cc2ccc([N+](=O)[O-])cc2)cc1S(=O)(=O)N1CCCCC1. The normalized spacial score (nSPS) is 15.0. The summed E-state index contributed by atoms with van der Waals surface area (Å²) in [6.45, 7) is 0.917. The fraction of sp³-hybridized carbons (Fsp3) is 0.286. The number of non-ortho nitro benzene ring substituents is 1. The Morgan fingerprint density at radius 1 is 1.13 bits per heavy atom. The molecule has 164 valence electrons. The Balaban J connectivity index is 1.76. The third-order valence-electron chi connectivity index (χ3n) is 4.90. The van der Waals surface area contributed by atoms with Gasteiger partial charge in [-0.25, -0.2) is 8.42 Å². The van der Waals surface area contributed by atoms with Crippen molar-refractivity contribution < 1.29 is 22.9 Å². The molecule has 9 nitrogen and oxygen atoms in total. The summed E-state index contributed by atoms with van der Waals surface area (Å²) < 4.78 is 32.8. The second-order valence-corrected chi connectivity index (χ2v) is 8.91. The Morgan fingerprint density at radius 3 is 2.42 bits per heavy atom. The number of methoxy groups -OCH3 is 1. The van der Waals surface area contributed by atoms with Crippen molar-refractivity contribution in [2.45, 2.75) is 24.2 Å². The van der Waals surface area contributed by atoms with E-state index in [1.54, 1.807) is 6.07 Å². The van der Waals surface area contributed by atoms with E-state index in [1.807, 2.05) is 0 Å². The molecule has 1 amide bonds. The van der Waals surface area contributed by atoms with Crippen molar-refractivity contribution in [1.29, 1.82) is 0 Å². The lowest BCUT2D eigenvalue weighted by molar-refractivity contribution is -0.384. The highest BCUT2D eigenvalue weighted by molar-refractivity contribution is 7.89. The fourth-order valence-corrected chi connectivity index (χ4v) is 4.96. The first kappa shape index (κ1) is 22.4. The average Bonchev–Trinajstić information content (AvgIpc) is 2.78. The molecule has 0 bridgehead atoms. The van der Waals surface area contributed by atoms with Crippen molar-refractivity contribution in [2.24, 2.45) is 0 Å². The smallest absolute Gasteiger partial charge is 0.269 e. The number of benzene rings is 2. The van der Waals surface area contributed by atoms with E-state index in [9.17, 15) is 23.3 Å². The van der Waals surface area contributed by atoms with Crippen LogP contribution in [0.5, 0.6) is 5.75 Å². The number of rotatable bonds is 7. The van der Waals surface area contributed by atoms with Crippen LogP contribution in [0.2, 0.25) is 0 Å². The summed E-state index contributed by atoms with van der Waals surface area (Å²) in [5, 5.41) is 13.3. The van der Waals surface area contributed by atoms with Crippen LogP contribution < -0.4 is 10.1 Å². The Kier molecular flexibility index (Phi) is 7.03. The van der Waals surface area contributed by atoms with Gasteiger partial charge in [-0.15, -0.1) is 0 Å².